The highest BCUT2D eigenvalue weighted by molar-refractivity contribution is 5.43. The molecule has 1 unspecified atom stereocenters. The van der Waals surface area contributed by atoms with Crippen molar-refractivity contribution in [2.24, 2.45) is 0 Å². The monoisotopic (exact) mass is 187 g/mol. The number of rotatable bonds is 2. The maximum absolute atomic E-state index is 12.3. The molecule has 0 fully saturated rings. The summed E-state index contributed by atoms with van der Waals surface area (Å²) in [6.45, 7) is 2.99. The lowest BCUT2D eigenvalue weighted by molar-refractivity contribution is 0.465. The van der Waals surface area contributed by atoms with E-state index in [0.717, 1.165) is 0 Å². The van der Waals surface area contributed by atoms with Crippen LogP contribution in [0.15, 0.2) is 18.2 Å². The zero-order valence-electron chi connectivity index (χ0n) is 7.50. The lowest BCUT2D eigenvalue weighted by Crippen LogP contribution is -1.97. The van der Waals surface area contributed by atoms with Crippen molar-refractivity contribution in [2.45, 2.75) is 5.92 Å². The van der Waals surface area contributed by atoms with Crippen LogP contribution in [-0.2, 0) is 0 Å². The average Bonchev–Trinajstić information content (AvgIpc) is 2.27. The molecule has 14 heavy (non-hydrogen) atoms. The van der Waals surface area contributed by atoms with E-state index in [2.05, 4.69) is 6.92 Å². The summed E-state index contributed by atoms with van der Waals surface area (Å²) in [5.41, 5.74) is 1.31. The largest absolute Gasteiger partial charge is 0.250 e. The molecule has 69 valence electrons. The van der Waals surface area contributed by atoms with Crippen molar-refractivity contribution in [1.29, 1.82) is 10.5 Å². The van der Waals surface area contributed by atoms with Crippen LogP contribution in [0, 0.1) is 29.6 Å². The van der Waals surface area contributed by atoms with E-state index in [1.165, 1.54) is 6.07 Å². The van der Waals surface area contributed by atoms with E-state index in [9.17, 15) is 4.39 Å². The first-order valence-corrected chi connectivity index (χ1v) is 4.05. The molecule has 0 aliphatic rings. The molecule has 0 saturated heterocycles. The fraction of sp³-hybridized carbons (Fsp3) is 0.182. The molecule has 0 saturated carbocycles. The lowest BCUT2D eigenvalue weighted by atomic mass is 9.98. The predicted octanol–water partition coefficient (Wildman–Crippen LogP) is 2.32. The highest BCUT2D eigenvalue weighted by Gasteiger charge is 2.07. The van der Waals surface area contributed by atoms with Gasteiger partial charge in [-0.1, -0.05) is 0 Å². The van der Waals surface area contributed by atoms with Crippen LogP contribution >= 0.6 is 0 Å². The lowest BCUT2D eigenvalue weighted by Gasteiger charge is -2.07. The van der Waals surface area contributed by atoms with Crippen LogP contribution in [0.3, 0.4) is 0 Å². The minimum absolute atomic E-state index is 0.362. The van der Waals surface area contributed by atoms with Crippen LogP contribution in [0.1, 0.15) is 22.6 Å². The van der Waals surface area contributed by atoms with Crippen molar-refractivity contribution >= 4 is 0 Å². The maximum Gasteiger partial charge on any atom is 0.0992 e. The first-order chi connectivity index (χ1) is 6.71. The molecule has 0 spiro atoms. The summed E-state index contributed by atoms with van der Waals surface area (Å²) in [5.74, 6) is -0.518. The van der Waals surface area contributed by atoms with E-state index in [1.807, 2.05) is 12.1 Å². The Morgan fingerprint density at radius 2 is 1.71 bits per heavy atom. The molecule has 0 aromatic heterocycles. The number of hydrogen-bond acceptors (Lipinski definition) is 2. The van der Waals surface area contributed by atoms with E-state index in [-0.39, 0.29) is 0 Å². The third-order valence-corrected chi connectivity index (χ3v) is 1.87. The average molecular weight is 187 g/mol. The van der Waals surface area contributed by atoms with Crippen molar-refractivity contribution in [1.82, 2.24) is 0 Å². The Labute approximate surface area is 82.2 Å². The fourth-order valence-corrected chi connectivity index (χ4v) is 1.11. The first-order valence-electron chi connectivity index (χ1n) is 4.05. The number of hydrogen-bond donors (Lipinski definition) is 0. The Morgan fingerprint density at radius 1 is 1.21 bits per heavy atom. The predicted molar refractivity (Wildman–Crippen MR) is 49.9 cm³/mol. The van der Waals surface area contributed by atoms with Gasteiger partial charge in [-0.2, -0.15) is 10.5 Å². The van der Waals surface area contributed by atoms with Gasteiger partial charge in [0, 0.05) is 5.92 Å². The number of halogens is 1. The summed E-state index contributed by atoms with van der Waals surface area (Å²) >= 11 is 0. The molecule has 2 nitrogen and oxygen atoms in total. The molecule has 1 atom stereocenters. The smallest absolute Gasteiger partial charge is 0.0992 e. The van der Waals surface area contributed by atoms with E-state index in [0.29, 0.717) is 16.7 Å². The van der Waals surface area contributed by atoms with Crippen LogP contribution < -0.4 is 0 Å². The van der Waals surface area contributed by atoms with Crippen molar-refractivity contribution in [3.05, 3.63) is 41.8 Å². The molecule has 0 aliphatic carbocycles. The van der Waals surface area contributed by atoms with Crippen molar-refractivity contribution in [2.75, 3.05) is 6.67 Å². The molecule has 0 amide bonds. The Morgan fingerprint density at radius 3 is 2.07 bits per heavy atom. The number of alkyl halides is 1. The molecule has 0 aliphatic heterocycles. The molecule has 1 radical (unpaired) electrons. The molecule has 0 bridgehead atoms. The molecule has 1 aromatic rings. The molecular formula is C11H8FN2. The third kappa shape index (κ3) is 2.08. The Balaban J connectivity index is 3.20. The van der Waals surface area contributed by atoms with Gasteiger partial charge in [0.2, 0.25) is 0 Å². The van der Waals surface area contributed by atoms with Gasteiger partial charge >= 0.3 is 0 Å². The normalized spacial score (nSPS) is 11.4. The first kappa shape index (κ1) is 10.2. The Bertz CT molecular complexity index is 380. The highest BCUT2D eigenvalue weighted by Crippen LogP contribution is 2.18. The minimum atomic E-state index is -0.597. The van der Waals surface area contributed by atoms with Crippen molar-refractivity contribution in [3.8, 4) is 12.1 Å². The third-order valence-electron chi connectivity index (χ3n) is 1.87. The summed E-state index contributed by atoms with van der Waals surface area (Å²) in [5, 5.41) is 17.3. The van der Waals surface area contributed by atoms with E-state index < -0.39 is 12.6 Å². The second-order valence-electron chi connectivity index (χ2n) is 2.92. The highest BCUT2D eigenvalue weighted by atomic mass is 19.1. The topological polar surface area (TPSA) is 47.6 Å². The Kier molecular flexibility index (Phi) is 3.20. The zero-order chi connectivity index (χ0) is 10.6. The van der Waals surface area contributed by atoms with Gasteiger partial charge in [-0.05, 0) is 30.7 Å². The van der Waals surface area contributed by atoms with Crippen molar-refractivity contribution < 1.29 is 4.39 Å². The summed E-state index contributed by atoms with van der Waals surface area (Å²) in [6, 6.07) is 8.41. The summed E-state index contributed by atoms with van der Waals surface area (Å²) in [7, 11) is 0. The van der Waals surface area contributed by atoms with Crippen LogP contribution in [0.25, 0.3) is 0 Å². The number of benzene rings is 1. The molecule has 0 heterocycles. The molecule has 1 rings (SSSR count). The van der Waals surface area contributed by atoms with Crippen molar-refractivity contribution in [3.63, 3.8) is 0 Å². The van der Waals surface area contributed by atoms with E-state index >= 15 is 0 Å². The molecule has 1 aromatic carbocycles. The number of nitrogens with zero attached hydrogens (tertiary/aromatic N) is 2. The SMILES string of the molecule is [CH2]C(CF)c1cc(C#N)cc(C#N)c1. The molecule has 0 N–H and O–H groups in total. The zero-order valence-corrected chi connectivity index (χ0v) is 7.50. The van der Waals surface area contributed by atoms with Crippen LogP contribution in [-0.4, -0.2) is 6.67 Å². The maximum atomic E-state index is 12.3. The number of nitriles is 2. The minimum Gasteiger partial charge on any atom is -0.250 e. The summed E-state index contributed by atoms with van der Waals surface area (Å²) < 4.78 is 12.3. The fourth-order valence-electron chi connectivity index (χ4n) is 1.11. The van der Waals surface area contributed by atoms with E-state index in [1.54, 1.807) is 12.1 Å². The van der Waals surface area contributed by atoms with Gasteiger partial charge in [-0.15, -0.1) is 0 Å². The second kappa shape index (κ2) is 4.39. The molecule has 3 heteroatoms. The van der Waals surface area contributed by atoms with Gasteiger partial charge in [0.05, 0.1) is 29.9 Å². The van der Waals surface area contributed by atoms with E-state index in [4.69, 9.17) is 10.5 Å². The van der Waals surface area contributed by atoms with Gasteiger partial charge < -0.3 is 0 Å². The van der Waals surface area contributed by atoms with Gasteiger partial charge in [0.15, 0.2) is 0 Å². The van der Waals surface area contributed by atoms with Gasteiger partial charge in [0.1, 0.15) is 0 Å². The second-order valence-corrected chi connectivity index (χ2v) is 2.92. The summed E-state index contributed by atoms with van der Waals surface area (Å²) in [6.07, 6.45) is 0. The van der Waals surface area contributed by atoms with Crippen LogP contribution in [0.2, 0.25) is 0 Å². The standard InChI is InChI=1S/C11H8FN2/c1-8(5-12)11-3-9(6-13)2-10(4-11)7-14/h2-4,8H,1,5H2. The Hall–Kier alpha value is -1.87. The molecular weight excluding hydrogens is 179 g/mol. The van der Waals surface area contributed by atoms with Crippen LogP contribution in [0.4, 0.5) is 4.39 Å². The van der Waals surface area contributed by atoms with Gasteiger partial charge in [-0.25, -0.2) is 0 Å². The van der Waals surface area contributed by atoms with Gasteiger partial charge in [0.25, 0.3) is 0 Å². The summed E-state index contributed by atoms with van der Waals surface area (Å²) in [4.78, 5) is 0. The van der Waals surface area contributed by atoms with Gasteiger partial charge in [-0.3, -0.25) is 4.39 Å². The van der Waals surface area contributed by atoms with Crippen LogP contribution in [0.5, 0.6) is 0 Å². The quantitative estimate of drug-likeness (QED) is 0.713.